The van der Waals surface area contributed by atoms with Gasteiger partial charge in [0.15, 0.2) is 0 Å². The van der Waals surface area contributed by atoms with Crippen LogP contribution in [0.1, 0.15) is 32.3 Å². The molecule has 6 nitrogen and oxygen atoms in total. The number of para-hydroxylation sites is 1. The van der Waals surface area contributed by atoms with E-state index in [1.54, 1.807) is 33.9 Å². The first-order chi connectivity index (χ1) is 12.5. The van der Waals surface area contributed by atoms with Crippen molar-refractivity contribution in [1.82, 2.24) is 5.32 Å². The molecule has 0 bridgehead atoms. The third-order valence-electron chi connectivity index (χ3n) is 4.28. The molecule has 2 rings (SSSR count). The Hall–Kier alpha value is -2.76. The van der Waals surface area contributed by atoms with Crippen LogP contribution in [0.4, 0.5) is 0 Å². The third kappa shape index (κ3) is 3.74. The van der Waals surface area contributed by atoms with Crippen LogP contribution in [-0.4, -0.2) is 32.3 Å². The molecule has 0 radical (unpaired) electrons. The zero-order valence-corrected chi connectivity index (χ0v) is 15.6. The SMILES string of the molecule is C=C1NC(C)=C(C(=O)OCC)C(c2ccccc2OC)C1C(=O)OCC. The summed E-state index contributed by atoms with van der Waals surface area (Å²) in [5.41, 5.74) is 2.16. The standard InChI is InChI=1S/C20H25NO5/c1-6-25-19(22)16-12(3)21-13(4)17(20(23)26-7-2)18(16)14-10-8-9-11-15(14)24-5/h8-11,16,18,21H,3,6-7H2,1-2,4-5H3. The van der Waals surface area contributed by atoms with E-state index >= 15 is 0 Å². The molecule has 0 aromatic heterocycles. The van der Waals surface area contributed by atoms with Crippen LogP contribution in [0.3, 0.4) is 0 Å². The molecule has 1 aromatic rings. The van der Waals surface area contributed by atoms with Crippen molar-refractivity contribution in [2.24, 2.45) is 5.92 Å². The van der Waals surface area contributed by atoms with E-state index in [1.807, 2.05) is 18.2 Å². The Kier molecular flexibility index (Phi) is 6.44. The van der Waals surface area contributed by atoms with Crippen LogP contribution in [0.15, 0.2) is 47.8 Å². The fourth-order valence-electron chi connectivity index (χ4n) is 3.24. The lowest BCUT2D eigenvalue weighted by molar-refractivity contribution is -0.147. The minimum absolute atomic E-state index is 0.235. The van der Waals surface area contributed by atoms with Crippen molar-refractivity contribution in [1.29, 1.82) is 0 Å². The van der Waals surface area contributed by atoms with E-state index in [2.05, 4.69) is 11.9 Å². The van der Waals surface area contributed by atoms with Gasteiger partial charge in [-0.3, -0.25) is 4.79 Å². The Labute approximate surface area is 153 Å². The quantitative estimate of drug-likeness (QED) is 0.787. The van der Waals surface area contributed by atoms with E-state index in [0.717, 1.165) is 0 Å². The number of rotatable bonds is 6. The number of benzene rings is 1. The van der Waals surface area contributed by atoms with Crippen molar-refractivity contribution in [2.75, 3.05) is 20.3 Å². The van der Waals surface area contributed by atoms with Crippen molar-refractivity contribution in [3.63, 3.8) is 0 Å². The molecule has 0 spiro atoms. The van der Waals surface area contributed by atoms with Gasteiger partial charge in [-0.25, -0.2) is 4.79 Å². The summed E-state index contributed by atoms with van der Waals surface area (Å²) in [5.74, 6) is -1.73. The number of methoxy groups -OCH3 is 1. The molecule has 0 aliphatic carbocycles. The van der Waals surface area contributed by atoms with Crippen LogP contribution in [-0.2, 0) is 19.1 Å². The van der Waals surface area contributed by atoms with Gasteiger partial charge in [-0.05, 0) is 26.8 Å². The zero-order chi connectivity index (χ0) is 19.3. The number of carbonyl (C=O) groups excluding carboxylic acids is 2. The summed E-state index contributed by atoms with van der Waals surface area (Å²) in [6, 6.07) is 7.29. The Morgan fingerprint density at radius 1 is 1.15 bits per heavy atom. The molecule has 0 saturated carbocycles. The topological polar surface area (TPSA) is 73.9 Å². The fourth-order valence-corrected chi connectivity index (χ4v) is 3.24. The first-order valence-corrected chi connectivity index (χ1v) is 8.59. The number of esters is 2. The molecule has 1 N–H and O–H groups in total. The lowest BCUT2D eigenvalue weighted by Crippen LogP contribution is -2.40. The summed E-state index contributed by atoms with van der Waals surface area (Å²) in [5, 5.41) is 3.04. The van der Waals surface area contributed by atoms with Crippen LogP contribution in [0.2, 0.25) is 0 Å². The highest BCUT2D eigenvalue weighted by atomic mass is 16.5. The van der Waals surface area contributed by atoms with Gasteiger partial charge in [-0.2, -0.15) is 0 Å². The Balaban J connectivity index is 2.67. The highest BCUT2D eigenvalue weighted by Gasteiger charge is 2.44. The number of hydrogen-bond acceptors (Lipinski definition) is 6. The third-order valence-corrected chi connectivity index (χ3v) is 4.28. The highest BCUT2D eigenvalue weighted by molar-refractivity contribution is 5.94. The number of allylic oxidation sites excluding steroid dienone is 1. The van der Waals surface area contributed by atoms with Gasteiger partial charge in [0.1, 0.15) is 11.7 Å². The summed E-state index contributed by atoms with van der Waals surface area (Å²) >= 11 is 0. The minimum Gasteiger partial charge on any atom is -0.496 e. The van der Waals surface area contributed by atoms with E-state index in [9.17, 15) is 9.59 Å². The maximum Gasteiger partial charge on any atom is 0.336 e. The molecule has 2 unspecified atom stereocenters. The second-order valence-electron chi connectivity index (χ2n) is 5.86. The normalized spacial score (nSPS) is 19.6. The van der Waals surface area contributed by atoms with Gasteiger partial charge in [0.05, 0.1) is 25.9 Å². The van der Waals surface area contributed by atoms with E-state index in [-0.39, 0.29) is 13.2 Å². The summed E-state index contributed by atoms with van der Waals surface area (Å²) in [6.45, 7) is 9.70. The number of ether oxygens (including phenoxy) is 3. The predicted octanol–water partition coefficient (Wildman–Crippen LogP) is 2.91. The van der Waals surface area contributed by atoms with Gasteiger partial charge in [-0.15, -0.1) is 0 Å². The minimum atomic E-state index is -0.769. The van der Waals surface area contributed by atoms with Crippen LogP contribution in [0.5, 0.6) is 5.75 Å². The summed E-state index contributed by atoms with van der Waals surface area (Å²) in [7, 11) is 1.55. The molecule has 26 heavy (non-hydrogen) atoms. The average Bonchev–Trinajstić information content (AvgIpc) is 2.61. The lowest BCUT2D eigenvalue weighted by atomic mass is 9.75. The van der Waals surface area contributed by atoms with Crippen LogP contribution >= 0.6 is 0 Å². The van der Waals surface area contributed by atoms with Crippen molar-refractivity contribution in [2.45, 2.75) is 26.7 Å². The molecule has 1 aliphatic heterocycles. The molecule has 0 saturated heterocycles. The van der Waals surface area contributed by atoms with Gasteiger partial charge in [0.25, 0.3) is 0 Å². The molecule has 6 heteroatoms. The van der Waals surface area contributed by atoms with E-state index in [1.165, 1.54) is 0 Å². The fraction of sp³-hybridized carbons (Fsp3) is 0.400. The average molecular weight is 359 g/mol. The summed E-state index contributed by atoms with van der Waals surface area (Å²) < 4.78 is 16.0. The Bertz CT molecular complexity index is 737. The van der Waals surface area contributed by atoms with Crippen molar-refractivity contribution in [3.8, 4) is 5.75 Å². The highest BCUT2D eigenvalue weighted by Crippen LogP contribution is 2.44. The van der Waals surface area contributed by atoms with Gasteiger partial charge in [0.2, 0.25) is 0 Å². The summed E-state index contributed by atoms with van der Waals surface area (Å²) in [6.07, 6.45) is 0. The van der Waals surface area contributed by atoms with Crippen LogP contribution < -0.4 is 10.1 Å². The maximum absolute atomic E-state index is 12.7. The van der Waals surface area contributed by atoms with Gasteiger partial charge in [-0.1, -0.05) is 24.8 Å². The molecule has 2 atom stereocenters. The zero-order valence-electron chi connectivity index (χ0n) is 15.6. The van der Waals surface area contributed by atoms with E-state index in [0.29, 0.717) is 28.3 Å². The molecular weight excluding hydrogens is 334 g/mol. The molecule has 140 valence electrons. The first-order valence-electron chi connectivity index (χ1n) is 8.59. The van der Waals surface area contributed by atoms with E-state index in [4.69, 9.17) is 14.2 Å². The Morgan fingerprint density at radius 3 is 2.42 bits per heavy atom. The smallest absolute Gasteiger partial charge is 0.336 e. The van der Waals surface area contributed by atoms with Crippen molar-refractivity contribution in [3.05, 3.63) is 53.4 Å². The maximum atomic E-state index is 12.7. The molecule has 1 heterocycles. The number of nitrogens with one attached hydrogen (secondary N) is 1. The van der Waals surface area contributed by atoms with Gasteiger partial charge < -0.3 is 19.5 Å². The van der Waals surface area contributed by atoms with E-state index < -0.39 is 23.8 Å². The largest absolute Gasteiger partial charge is 0.496 e. The second kappa shape index (κ2) is 8.56. The first kappa shape index (κ1) is 19.6. The Morgan fingerprint density at radius 2 is 1.81 bits per heavy atom. The van der Waals surface area contributed by atoms with Crippen LogP contribution in [0.25, 0.3) is 0 Å². The van der Waals surface area contributed by atoms with Gasteiger partial charge in [0, 0.05) is 22.9 Å². The molecule has 0 amide bonds. The van der Waals surface area contributed by atoms with Crippen molar-refractivity contribution >= 4 is 11.9 Å². The molecule has 1 aliphatic rings. The number of carbonyl (C=O) groups is 2. The predicted molar refractivity (Wildman–Crippen MR) is 97.5 cm³/mol. The second-order valence-corrected chi connectivity index (χ2v) is 5.86. The van der Waals surface area contributed by atoms with Gasteiger partial charge >= 0.3 is 11.9 Å². The molecular formula is C20H25NO5. The number of hydrogen-bond donors (Lipinski definition) is 1. The monoisotopic (exact) mass is 359 g/mol. The molecule has 0 fully saturated rings. The lowest BCUT2D eigenvalue weighted by Gasteiger charge is -2.35. The summed E-state index contributed by atoms with van der Waals surface area (Å²) in [4.78, 5) is 25.4. The van der Waals surface area contributed by atoms with Crippen molar-refractivity contribution < 1.29 is 23.8 Å². The molecule has 1 aromatic carbocycles. The van der Waals surface area contributed by atoms with Crippen LogP contribution in [0, 0.1) is 5.92 Å².